The molecule has 1 aromatic heterocycles. The predicted molar refractivity (Wildman–Crippen MR) is 117 cm³/mol. The number of nitrogens with one attached hydrogen (secondary N) is 2. The number of aliphatic imine (C=N–C) groups is 1. The molecule has 1 aromatic carbocycles. The molecule has 4 nitrogen and oxygen atoms in total. The maximum absolute atomic E-state index is 13.3. The van der Waals surface area contributed by atoms with Crippen LogP contribution >= 0.6 is 35.7 Å². The average Bonchev–Trinajstić information content (AvgIpc) is 3.01. The van der Waals surface area contributed by atoms with E-state index < -0.39 is 0 Å². The zero-order chi connectivity index (χ0) is 16.9. The lowest BCUT2D eigenvalue weighted by atomic mass is 10.1. The number of aromatic amines is 1. The molecular weight excluding hydrogens is 450 g/mol. The van der Waals surface area contributed by atoms with Gasteiger partial charge in [0.2, 0.25) is 0 Å². The number of halogens is 2. The lowest BCUT2D eigenvalue weighted by molar-refractivity contribution is 0.408. The van der Waals surface area contributed by atoms with E-state index in [1.807, 2.05) is 19.3 Å². The summed E-state index contributed by atoms with van der Waals surface area (Å²) in [7, 11) is 1.85. The third-order valence-corrected chi connectivity index (χ3v) is 5.88. The summed E-state index contributed by atoms with van der Waals surface area (Å²) in [5, 5.41) is 5.26. The van der Waals surface area contributed by atoms with Gasteiger partial charge in [0, 0.05) is 54.8 Å². The van der Waals surface area contributed by atoms with E-state index in [4.69, 9.17) is 0 Å². The Morgan fingerprint density at radius 3 is 3.08 bits per heavy atom. The number of guanidine groups is 1. The first-order chi connectivity index (χ1) is 11.7. The van der Waals surface area contributed by atoms with E-state index in [0.29, 0.717) is 5.25 Å². The highest BCUT2D eigenvalue weighted by Gasteiger charge is 2.21. The van der Waals surface area contributed by atoms with Gasteiger partial charge in [-0.15, -0.1) is 24.0 Å². The molecule has 1 unspecified atom stereocenters. The molecule has 0 bridgehead atoms. The molecule has 0 amide bonds. The molecule has 0 saturated carbocycles. The maximum atomic E-state index is 13.3. The van der Waals surface area contributed by atoms with E-state index in [2.05, 4.69) is 38.9 Å². The molecule has 1 saturated heterocycles. The molecule has 138 valence electrons. The summed E-state index contributed by atoms with van der Waals surface area (Å²) in [5.74, 6) is 1.94. The standard InChI is InChI=1S/C18H25FN4S.HI/c1-3-15-12-23(8-9-24-15)18(20-2)21-7-6-13-11-22-17-10-14(19)4-5-16(13)17;/h4-5,10-11,15,22H,3,6-9,12H2,1-2H3,(H,20,21);1H. The van der Waals surface area contributed by atoms with Crippen molar-refractivity contribution < 1.29 is 4.39 Å². The minimum absolute atomic E-state index is 0. The van der Waals surface area contributed by atoms with Crippen molar-refractivity contribution in [1.29, 1.82) is 0 Å². The minimum Gasteiger partial charge on any atom is -0.361 e. The Morgan fingerprint density at radius 1 is 1.48 bits per heavy atom. The number of rotatable bonds is 4. The van der Waals surface area contributed by atoms with Gasteiger partial charge >= 0.3 is 0 Å². The van der Waals surface area contributed by atoms with Crippen LogP contribution in [0.4, 0.5) is 4.39 Å². The van der Waals surface area contributed by atoms with Gasteiger partial charge in [-0.3, -0.25) is 4.99 Å². The molecule has 25 heavy (non-hydrogen) atoms. The summed E-state index contributed by atoms with van der Waals surface area (Å²) in [6.07, 6.45) is 4.05. The fraction of sp³-hybridized carbons (Fsp3) is 0.500. The number of fused-ring (bicyclic) bond motifs is 1. The topological polar surface area (TPSA) is 43.4 Å². The SMILES string of the molecule is CCC1CN(C(=NC)NCCc2c[nH]c3cc(F)ccc23)CCS1.I. The van der Waals surface area contributed by atoms with Crippen LogP contribution in [0.5, 0.6) is 0 Å². The Hall–Kier alpha value is -0.960. The summed E-state index contributed by atoms with van der Waals surface area (Å²) < 4.78 is 13.3. The smallest absolute Gasteiger partial charge is 0.193 e. The molecule has 2 heterocycles. The molecule has 0 radical (unpaired) electrons. The second-order valence-electron chi connectivity index (χ2n) is 6.07. The van der Waals surface area contributed by atoms with Crippen LogP contribution in [0.25, 0.3) is 10.9 Å². The highest BCUT2D eigenvalue weighted by Crippen LogP contribution is 2.21. The second-order valence-corrected chi connectivity index (χ2v) is 7.48. The fourth-order valence-electron chi connectivity index (χ4n) is 3.17. The van der Waals surface area contributed by atoms with Crippen molar-refractivity contribution in [1.82, 2.24) is 15.2 Å². The Morgan fingerprint density at radius 2 is 2.32 bits per heavy atom. The normalized spacial score (nSPS) is 18.3. The van der Waals surface area contributed by atoms with Crippen LogP contribution < -0.4 is 5.32 Å². The molecule has 2 aromatic rings. The number of hydrogen-bond acceptors (Lipinski definition) is 2. The van der Waals surface area contributed by atoms with Crippen LogP contribution in [-0.2, 0) is 6.42 Å². The fourth-order valence-corrected chi connectivity index (χ4v) is 4.35. The Labute approximate surface area is 170 Å². The molecule has 1 atom stereocenters. The lowest BCUT2D eigenvalue weighted by Crippen LogP contribution is -2.48. The van der Waals surface area contributed by atoms with Gasteiger partial charge in [0.25, 0.3) is 0 Å². The Balaban J connectivity index is 0.00000225. The third-order valence-electron chi connectivity index (χ3n) is 4.51. The minimum atomic E-state index is -0.206. The van der Waals surface area contributed by atoms with Crippen LogP contribution in [0.2, 0.25) is 0 Å². The van der Waals surface area contributed by atoms with Gasteiger partial charge in [-0.2, -0.15) is 11.8 Å². The lowest BCUT2D eigenvalue weighted by Gasteiger charge is -2.34. The number of thioether (sulfide) groups is 1. The predicted octanol–water partition coefficient (Wildman–Crippen LogP) is 3.87. The third kappa shape index (κ3) is 5.03. The number of H-pyrrole nitrogens is 1. The summed E-state index contributed by atoms with van der Waals surface area (Å²) >= 11 is 2.06. The van der Waals surface area contributed by atoms with Crippen molar-refractivity contribution in [2.75, 3.05) is 32.4 Å². The molecule has 1 fully saturated rings. The van der Waals surface area contributed by atoms with Crippen molar-refractivity contribution in [2.24, 2.45) is 4.99 Å². The molecule has 1 aliphatic heterocycles. The zero-order valence-corrected chi connectivity index (χ0v) is 17.9. The first kappa shape index (κ1) is 20.4. The maximum Gasteiger partial charge on any atom is 0.193 e. The van der Waals surface area contributed by atoms with Gasteiger partial charge in [-0.1, -0.05) is 6.92 Å². The van der Waals surface area contributed by atoms with Crippen LogP contribution in [0.15, 0.2) is 29.4 Å². The highest BCUT2D eigenvalue weighted by molar-refractivity contribution is 14.0. The first-order valence-corrected chi connectivity index (χ1v) is 9.59. The average molecular weight is 476 g/mol. The van der Waals surface area contributed by atoms with E-state index in [9.17, 15) is 4.39 Å². The Bertz CT molecular complexity index is 718. The van der Waals surface area contributed by atoms with Crippen LogP contribution in [0, 0.1) is 5.82 Å². The number of hydrogen-bond donors (Lipinski definition) is 2. The summed E-state index contributed by atoms with van der Waals surface area (Å²) in [6.45, 7) is 5.18. The van der Waals surface area contributed by atoms with Gasteiger partial charge in [-0.05, 0) is 36.6 Å². The van der Waals surface area contributed by atoms with E-state index in [-0.39, 0.29) is 29.8 Å². The quantitative estimate of drug-likeness (QED) is 0.400. The van der Waals surface area contributed by atoms with E-state index >= 15 is 0 Å². The second kappa shape index (κ2) is 9.66. The first-order valence-electron chi connectivity index (χ1n) is 8.54. The van der Waals surface area contributed by atoms with Crippen LogP contribution in [0.1, 0.15) is 18.9 Å². The van der Waals surface area contributed by atoms with Gasteiger partial charge in [-0.25, -0.2) is 4.39 Å². The van der Waals surface area contributed by atoms with Gasteiger partial charge in [0.15, 0.2) is 5.96 Å². The van der Waals surface area contributed by atoms with Crippen molar-refractivity contribution in [3.8, 4) is 0 Å². The summed E-state index contributed by atoms with van der Waals surface area (Å²) in [6, 6.07) is 4.91. The van der Waals surface area contributed by atoms with Gasteiger partial charge in [0.05, 0.1) is 0 Å². The van der Waals surface area contributed by atoms with E-state index in [1.165, 1.54) is 18.1 Å². The van der Waals surface area contributed by atoms with E-state index in [1.54, 1.807) is 6.07 Å². The number of aromatic nitrogens is 1. The van der Waals surface area contributed by atoms with Gasteiger partial charge < -0.3 is 15.2 Å². The molecule has 0 aliphatic carbocycles. The van der Waals surface area contributed by atoms with Crippen molar-refractivity contribution >= 4 is 52.6 Å². The molecule has 2 N–H and O–H groups in total. The summed E-state index contributed by atoms with van der Waals surface area (Å²) in [4.78, 5) is 9.94. The largest absolute Gasteiger partial charge is 0.361 e. The molecule has 1 aliphatic rings. The Kier molecular flexibility index (Phi) is 7.86. The van der Waals surface area contributed by atoms with Crippen LogP contribution in [0.3, 0.4) is 0 Å². The van der Waals surface area contributed by atoms with Crippen LogP contribution in [-0.4, -0.2) is 53.5 Å². The zero-order valence-electron chi connectivity index (χ0n) is 14.7. The number of benzene rings is 1. The van der Waals surface area contributed by atoms with Gasteiger partial charge in [0.1, 0.15) is 5.82 Å². The summed E-state index contributed by atoms with van der Waals surface area (Å²) in [5.41, 5.74) is 2.06. The molecule has 7 heteroatoms. The van der Waals surface area contributed by atoms with Crippen molar-refractivity contribution in [3.63, 3.8) is 0 Å². The van der Waals surface area contributed by atoms with Crippen molar-refractivity contribution in [3.05, 3.63) is 35.8 Å². The molecular formula is C18H26FIN4S. The highest BCUT2D eigenvalue weighted by atomic mass is 127. The van der Waals surface area contributed by atoms with Crippen molar-refractivity contribution in [2.45, 2.75) is 25.0 Å². The monoisotopic (exact) mass is 476 g/mol. The molecule has 0 spiro atoms. The molecule has 3 rings (SSSR count). The van der Waals surface area contributed by atoms with E-state index in [0.717, 1.165) is 48.7 Å². The number of nitrogens with zero attached hydrogens (tertiary/aromatic N) is 2.